The number of hydrogen-bond donors (Lipinski definition) is 15. The van der Waals surface area contributed by atoms with Crippen LogP contribution in [0.1, 0.15) is 118 Å². The van der Waals surface area contributed by atoms with Crippen molar-refractivity contribution in [1.29, 1.82) is 0 Å². The van der Waals surface area contributed by atoms with Crippen LogP contribution in [0.15, 0.2) is 17.5 Å². The highest BCUT2D eigenvalue weighted by Crippen LogP contribution is 2.27. The van der Waals surface area contributed by atoms with Crippen LogP contribution in [0, 0.1) is 11.8 Å². The first kappa shape index (κ1) is 68.1. The molecule has 29 heteroatoms. The lowest BCUT2D eigenvalue weighted by molar-refractivity contribution is -0.147. The second-order valence-corrected chi connectivity index (χ2v) is 20.1. The topological polar surface area (TPSA) is 467 Å². The van der Waals surface area contributed by atoms with Crippen molar-refractivity contribution in [2.24, 2.45) is 39.8 Å². The van der Waals surface area contributed by atoms with Gasteiger partial charge in [0.2, 0.25) is 53.2 Å². The zero-order chi connectivity index (χ0) is 59.4. The molecule has 19 N–H and O–H groups in total. The molecule has 2 rings (SSSR count). The Balaban J connectivity index is 2.26. The molecule has 1 aliphatic rings. The molecule has 1 heterocycles. The Morgan fingerprint density at radius 1 is 0.747 bits per heavy atom. The van der Waals surface area contributed by atoms with Crippen LogP contribution in [0.2, 0.25) is 0 Å². The normalized spacial score (nSPS) is 16.3. The second kappa shape index (κ2) is 35.5. The average Bonchev–Trinajstić information content (AvgIpc) is 3.92. The van der Waals surface area contributed by atoms with Crippen LogP contribution in [0.25, 0.3) is 0 Å². The van der Waals surface area contributed by atoms with E-state index in [0.717, 1.165) is 48.8 Å². The summed E-state index contributed by atoms with van der Waals surface area (Å²) < 4.78 is 0. The third kappa shape index (κ3) is 24.7. The van der Waals surface area contributed by atoms with Crippen LogP contribution in [0.4, 0.5) is 0 Å². The fraction of sp³-hybridized carbons (Fsp3) is 0.720. The summed E-state index contributed by atoms with van der Waals surface area (Å²) >= 11 is 0. The van der Waals surface area contributed by atoms with Crippen LogP contribution in [-0.4, -0.2) is 200 Å². The number of nitrogens with two attached hydrogens (primary N) is 4. The summed E-state index contributed by atoms with van der Waals surface area (Å²) in [6.45, 7) is 7.28. The number of aliphatic hydroxyl groups excluding tert-OH is 2. The number of carbonyl (C=O) groups excluding carboxylic acids is 9. The van der Waals surface area contributed by atoms with Crippen LogP contribution >= 0.6 is 0 Å². The first-order valence-electron chi connectivity index (χ1n) is 27.0. The van der Waals surface area contributed by atoms with Gasteiger partial charge in [0, 0.05) is 44.5 Å². The predicted molar refractivity (Wildman–Crippen MR) is 289 cm³/mol. The molecule has 1 unspecified atom stereocenters. The van der Waals surface area contributed by atoms with Gasteiger partial charge in [0.1, 0.15) is 42.8 Å². The van der Waals surface area contributed by atoms with Crippen molar-refractivity contribution in [2.75, 3.05) is 45.8 Å². The van der Waals surface area contributed by atoms with E-state index in [2.05, 4.69) is 52.2 Å². The Morgan fingerprint density at radius 3 is 1.94 bits per heavy atom. The van der Waals surface area contributed by atoms with E-state index in [4.69, 9.17) is 22.9 Å². The van der Waals surface area contributed by atoms with Crippen molar-refractivity contribution in [2.45, 2.75) is 173 Å². The molecule has 1 aromatic rings. The molecule has 0 saturated heterocycles. The highest BCUT2D eigenvalue weighted by atomic mass is 16.4. The number of nitrogens with zero attached hydrogens (tertiary/aromatic N) is 4. The summed E-state index contributed by atoms with van der Waals surface area (Å²) in [7, 11) is 0. The molecule has 0 aliphatic heterocycles. The zero-order valence-corrected chi connectivity index (χ0v) is 46.5. The lowest BCUT2D eigenvalue weighted by Gasteiger charge is -2.31. The second-order valence-electron chi connectivity index (χ2n) is 20.1. The van der Waals surface area contributed by atoms with E-state index in [1.807, 2.05) is 6.92 Å². The van der Waals surface area contributed by atoms with Gasteiger partial charge in [-0.15, -0.1) is 0 Å². The summed E-state index contributed by atoms with van der Waals surface area (Å²) in [5.74, 6) is -9.24. The van der Waals surface area contributed by atoms with Crippen molar-refractivity contribution < 1.29 is 63.3 Å². The fourth-order valence-electron chi connectivity index (χ4n) is 8.61. The Labute approximate surface area is 461 Å². The number of aromatic nitrogens is 2. The van der Waals surface area contributed by atoms with Crippen LogP contribution < -0.4 is 60.2 Å². The molecule has 10 atom stereocenters. The number of aliphatic carboxylic acids is 1. The van der Waals surface area contributed by atoms with E-state index in [9.17, 15) is 63.3 Å². The number of amides is 9. The molecule has 0 spiro atoms. The number of hydrogen-bond acceptors (Lipinski definition) is 16. The number of aliphatic imine (C=N–C) groups is 1. The van der Waals surface area contributed by atoms with Gasteiger partial charge in [-0.3, -0.25) is 52.9 Å². The Hall–Kier alpha value is -6.98. The van der Waals surface area contributed by atoms with Gasteiger partial charge in [0.05, 0.1) is 37.7 Å². The van der Waals surface area contributed by atoms with Crippen LogP contribution in [-0.2, 0) is 54.4 Å². The maximum atomic E-state index is 14.3. The van der Waals surface area contributed by atoms with E-state index >= 15 is 0 Å². The molecule has 0 aromatic carbocycles. The quantitative estimate of drug-likeness (QED) is 0.0172. The van der Waals surface area contributed by atoms with Crippen molar-refractivity contribution in [3.8, 4) is 0 Å². The largest absolute Gasteiger partial charge is 0.480 e. The molecule has 9 amide bonds. The number of H-pyrrole nitrogens is 1. The standard InChI is InChI=1S/C50H88N16O13/c1-7-9-19-66(26-39(71)72)49(79)40(28(3)8-2)62-37(69)25-65(20-17-51)38(70)24-57-47(77)41(30(5)67)64-48(78)42(31(6)68)63-46(76)36(22-33-23-55-27-58-33)61-45(75)35(21-32-14-11-10-12-15-32)60-43(73)29(4)59-44(74)34(52)16-13-18-56-50(53)54/h23,27-32,34-36,40-42,67-68H,7-22,24-26,51-52H2,1-6H3,(H,55,58)(H,57,77)(H,59,74)(H,60,73)(H,61,75)(H,62,69)(H,63,76)(H,64,78)(H,71,72)(H4,53,54,56)/t28?,29-,30+,31+,34-,35-,36-,40-,41-,42-/m0/s1. The fourth-order valence-corrected chi connectivity index (χ4v) is 8.61. The average molecular weight is 1120 g/mol. The van der Waals surface area contributed by atoms with Crippen LogP contribution in [0.5, 0.6) is 0 Å². The maximum absolute atomic E-state index is 14.3. The minimum absolute atomic E-state index is 0.0249. The zero-order valence-electron chi connectivity index (χ0n) is 46.5. The van der Waals surface area contributed by atoms with Gasteiger partial charge in [-0.05, 0) is 58.3 Å². The molecule has 446 valence electrons. The number of aromatic amines is 1. The van der Waals surface area contributed by atoms with Gasteiger partial charge in [-0.25, -0.2) is 4.98 Å². The molecule has 1 saturated carbocycles. The van der Waals surface area contributed by atoms with E-state index in [0.29, 0.717) is 31.4 Å². The van der Waals surface area contributed by atoms with Gasteiger partial charge < -0.3 is 90.3 Å². The van der Waals surface area contributed by atoms with E-state index in [-0.39, 0.29) is 57.3 Å². The van der Waals surface area contributed by atoms with Gasteiger partial charge in [0.25, 0.3) is 0 Å². The van der Waals surface area contributed by atoms with E-state index in [1.54, 1.807) is 13.8 Å². The number of carboxylic acid groups (broad SMARTS) is 1. The summed E-state index contributed by atoms with van der Waals surface area (Å²) in [5.41, 5.74) is 22.9. The van der Waals surface area contributed by atoms with Crippen molar-refractivity contribution in [3.63, 3.8) is 0 Å². The van der Waals surface area contributed by atoms with Gasteiger partial charge in [0.15, 0.2) is 5.96 Å². The van der Waals surface area contributed by atoms with Crippen molar-refractivity contribution in [1.82, 2.24) is 57.0 Å². The Morgan fingerprint density at radius 2 is 1.37 bits per heavy atom. The molecule has 1 aliphatic carbocycles. The number of guanidine groups is 1. The SMILES string of the molecule is CCCCN(CC(=O)O)C(=O)[C@@H](NC(=O)CN(CCN)C(=O)CNC(=O)[C@@H](NC(=O)[C@@H](NC(=O)[C@H](Cc1cnc[nH]1)NC(=O)[C@H](CC1CCCCC1)NC(=O)[C@H](C)NC(=O)[C@@H](N)CCCN=C(N)N)[C@@H](C)O)[C@@H](C)O)C(C)CC. The van der Waals surface area contributed by atoms with Gasteiger partial charge >= 0.3 is 5.97 Å². The number of aliphatic hydroxyl groups is 2. The molecule has 0 radical (unpaired) electrons. The minimum atomic E-state index is -1.81. The number of unbranched alkanes of at least 4 members (excludes halogenated alkanes) is 1. The summed E-state index contributed by atoms with van der Waals surface area (Å²) in [4.78, 5) is 147. The van der Waals surface area contributed by atoms with Crippen molar-refractivity contribution >= 4 is 65.1 Å². The number of carbonyl (C=O) groups is 10. The lowest BCUT2D eigenvalue weighted by atomic mass is 9.84. The molecule has 1 aromatic heterocycles. The third-order valence-electron chi connectivity index (χ3n) is 13.4. The van der Waals surface area contributed by atoms with E-state index < -0.39 is 139 Å². The Kier molecular flexibility index (Phi) is 30.6. The van der Waals surface area contributed by atoms with Crippen molar-refractivity contribution in [3.05, 3.63) is 18.2 Å². The van der Waals surface area contributed by atoms with Gasteiger partial charge in [-0.2, -0.15) is 0 Å². The molecule has 79 heavy (non-hydrogen) atoms. The molecule has 0 bridgehead atoms. The highest BCUT2D eigenvalue weighted by Gasteiger charge is 2.37. The van der Waals surface area contributed by atoms with Crippen LogP contribution in [0.3, 0.4) is 0 Å². The summed E-state index contributed by atoms with van der Waals surface area (Å²) in [6.07, 6.45) is 6.04. The number of nitrogens with one attached hydrogen (secondary N) is 8. The predicted octanol–water partition coefficient (Wildman–Crippen LogP) is -4.34. The smallest absolute Gasteiger partial charge is 0.323 e. The first-order chi connectivity index (χ1) is 37.3. The highest BCUT2D eigenvalue weighted by molar-refractivity contribution is 5.98. The lowest BCUT2D eigenvalue weighted by Crippen LogP contribution is -2.62. The number of carboxylic acids is 1. The molecule has 29 nitrogen and oxygen atoms in total. The van der Waals surface area contributed by atoms with E-state index in [1.165, 1.54) is 26.4 Å². The molecular formula is C50H88N16O13. The number of rotatable bonds is 36. The third-order valence-corrected chi connectivity index (χ3v) is 13.4. The summed E-state index contributed by atoms with van der Waals surface area (Å²) in [6, 6.07) is -9.52. The molecular weight excluding hydrogens is 1030 g/mol. The monoisotopic (exact) mass is 1120 g/mol. The number of imidazole rings is 1. The van der Waals surface area contributed by atoms with Gasteiger partial charge in [-0.1, -0.05) is 65.7 Å². The maximum Gasteiger partial charge on any atom is 0.323 e. The minimum Gasteiger partial charge on any atom is -0.480 e. The summed E-state index contributed by atoms with van der Waals surface area (Å²) in [5, 5.41) is 48.6. The molecule has 1 fully saturated rings. The Bertz CT molecular complexity index is 2170. The first-order valence-corrected chi connectivity index (χ1v) is 27.0.